The summed E-state index contributed by atoms with van der Waals surface area (Å²) in [5, 5.41) is 9.11. The molecule has 2 rings (SSSR count). The first kappa shape index (κ1) is 12.0. The zero-order chi connectivity index (χ0) is 12.3. The molecule has 92 valence electrons. The summed E-state index contributed by atoms with van der Waals surface area (Å²) in [6.07, 6.45) is 3.25. The molecule has 0 spiro atoms. The Morgan fingerprint density at radius 3 is 2.88 bits per heavy atom. The Hall–Kier alpha value is -1.51. The molecule has 0 aliphatic heterocycles. The van der Waals surface area contributed by atoms with Crippen LogP contribution in [-0.4, -0.2) is 17.2 Å². The van der Waals surface area contributed by atoms with Crippen molar-refractivity contribution in [3.8, 4) is 5.75 Å². The van der Waals surface area contributed by atoms with Crippen molar-refractivity contribution in [2.24, 2.45) is 5.92 Å². The van der Waals surface area contributed by atoms with E-state index in [0.717, 1.165) is 37.0 Å². The molecule has 1 aromatic rings. The summed E-state index contributed by atoms with van der Waals surface area (Å²) < 4.78 is 5.89. The maximum absolute atomic E-state index is 11.1. The summed E-state index contributed by atoms with van der Waals surface area (Å²) in [5.41, 5.74) is 1.14. The highest BCUT2D eigenvalue weighted by Crippen LogP contribution is 2.31. The van der Waals surface area contributed by atoms with E-state index >= 15 is 0 Å². The van der Waals surface area contributed by atoms with Gasteiger partial charge in [0, 0.05) is 0 Å². The minimum absolute atomic E-state index is 0.166. The van der Waals surface area contributed by atoms with Crippen molar-refractivity contribution in [3.63, 3.8) is 0 Å². The molecule has 1 aliphatic carbocycles. The Balaban J connectivity index is 2.12. The maximum Gasteiger partial charge on any atom is 0.310 e. The number of para-hydroxylation sites is 1. The molecule has 1 aliphatic rings. The highest BCUT2D eigenvalue weighted by Gasteiger charge is 2.34. The van der Waals surface area contributed by atoms with Gasteiger partial charge in [0.05, 0.1) is 5.92 Å². The first-order chi connectivity index (χ1) is 8.22. The van der Waals surface area contributed by atoms with Crippen molar-refractivity contribution >= 4 is 5.97 Å². The molecule has 17 heavy (non-hydrogen) atoms. The molecule has 0 saturated heterocycles. The maximum atomic E-state index is 11.1. The molecule has 3 nitrogen and oxygen atoms in total. The second-order valence-electron chi connectivity index (χ2n) is 4.49. The van der Waals surface area contributed by atoms with Crippen molar-refractivity contribution in [3.05, 3.63) is 29.8 Å². The van der Waals surface area contributed by atoms with E-state index in [1.54, 1.807) is 0 Å². The summed E-state index contributed by atoms with van der Waals surface area (Å²) in [5.74, 6) is -0.241. The van der Waals surface area contributed by atoms with E-state index in [9.17, 15) is 4.79 Å². The third-order valence-corrected chi connectivity index (χ3v) is 3.40. The molecular formula is C14H18O3. The van der Waals surface area contributed by atoms with Crippen LogP contribution in [0.3, 0.4) is 0 Å². The third-order valence-electron chi connectivity index (χ3n) is 3.40. The summed E-state index contributed by atoms with van der Waals surface area (Å²) >= 11 is 0. The van der Waals surface area contributed by atoms with Gasteiger partial charge in [0.25, 0.3) is 0 Å². The number of ether oxygens (including phenoxy) is 1. The molecule has 1 N–H and O–H groups in total. The highest BCUT2D eigenvalue weighted by molar-refractivity contribution is 5.71. The average molecular weight is 234 g/mol. The smallest absolute Gasteiger partial charge is 0.310 e. The van der Waals surface area contributed by atoms with E-state index in [4.69, 9.17) is 9.84 Å². The van der Waals surface area contributed by atoms with E-state index in [0.29, 0.717) is 0 Å². The van der Waals surface area contributed by atoms with E-state index in [-0.39, 0.29) is 12.0 Å². The number of carboxylic acid groups (broad SMARTS) is 1. The molecule has 1 fully saturated rings. The van der Waals surface area contributed by atoms with Gasteiger partial charge in [-0.05, 0) is 37.3 Å². The van der Waals surface area contributed by atoms with Crippen LogP contribution in [0, 0.1) is 5.92 Å². The molecule has 0 aromatic heterocycles. The molecule has 0 bridgehead atoms. The minimum Gasteiger partial charge on any atom is -0.489 e. The predicted molar refractivity (Wildman–Crippen MR) is 65.2 cm³/mol. The second-order valence-corrected chi connectivity index (χ2v) is 4.49. The van der Waals surface area contributed by atoms with Crippen LogP contribution in [0.4, 0.5) is 0 Å². The predicted octanol–water partition coefficient (Wildman–Crippen LogP) is 2.88. The Morgan fingerprint density at radius 1 is 1.41 bits per heavy atom. The topological polar surface area (TPSA) is 46.5 Å². The Labute approximate surface area is 101 Å². The van der Waals surface area contributed by atoms with Crippen LogP contribution < -0.4 is 4.74 Å². The van der Waals surface area contributed by atoms with E-state index in [1.165, 1.54) is 0 Å². The lowest BCUT2D eigenvalue weighted by Crippen LogP contribution is -2.28. The summed E-state index contributed by atoms with van der Waals surface area (Å²) in [4.78, 5) is 11.1. The lowest BCUT2D eigenvalue weighted by atomic mass is 10.1. The van der Waals surface area contributed by atoms with Crippen LogP contribution in [-0.2, 0) is 11.2 Å². The van der Waals surface area contributed by atoms with Crippen LogP contribution in [0.2, 0.25) is 0 Å². The number of carbonyl (C=O) groups is 1. The number of aryl methyl sites for hydroxylation is 1. The van der Waals surface area contributed by atoms with Gasteiger partial charge in [-0.15, -0.1) is 0 Å². The molecule has 0 radical (unpaired) electrons. The van der Waals surface area contributed by atoms with Crippen molar-refractivity contribution in [1.82, 2.24) is 0 Å². The average Bonchev–Trinajstić information content (AvgIpc) is 2.78. The summed E-state index contributed by atoms with van der Waals surface area (Å²) in [6, 6.07) is 7.87. The van der Waals surface area contributed by atoms with Gasteiger partial charge < -0.3 is 9.84 Å². The molecule has 0 amide bonds. The van der Waals surface area contributed by atoms with E-state index < -0.39 is 5.97 Å². The van der Waals surface area contributed by atoms with Gasteiger partial charge in [0.15, 0.2) is 0 Å². The molecule has 1 saturated carbocycles. The van der Waals surface area contributed by atoms with Gasteiger partial charge in [-0.25, -0.2) is 0 Å². The van der Waals surface area contributed by atoms with Crippen LogP contribution in [0.25, 0.3) is 0 Å². The zero-order valence-corrected chi connectivity index (χ0v) is 10.1. The number of hydrogen-bond acceptors (Lipinski definition) is 2. The second kappa shape index (κ2) is 5.21. The van der Waals surface area contributed by atoms with Crippen LogP contribution in [0.5, 0.6) is 5.75 Å². The van der Waals surface area contributed by atoms with Crippen molar-refractivity contribution in [2.45, 2.75) is 38.7 Å². The number of aliphatic carboxylic acids is 1. The lowest BCUT2D eigenvalue weighted by molar-refractivity contribution is -0.144. The normalized spacial score (nSPS) is 23.6. The van der Waals surface area contributed by atoms with Gasteiger partial charge in [-0.1, -0.05) is 25.1 Å². The van der Waals surface area contributed by atoms with Gasteiger partial charge in [0.1, 0.15) is 11.9 Å². The molecule has 1 aromatic carbocycles. The SMILES string of the molecule is CCc1ccccc1OC1CCCC1C(=O)O. The fourth-order valence-corrected chi connectivity index (χ4v) is 2.42. The number of rotatable bonds is 4. The first-order valence-electron chi connectivity index (χ1n) is 6.19. The summed E-state index contributed by atoms with van der Waals surface area (Å²) in [7, 11) is 0. The Morgan fingerprint density at radius 2 is 2.18 bits per heavy atom. The van der Waals surface area contributed by atoms with Crippen molar-refractivity contribution < 1.29 is 14.6 Å². The quantitative estimate of drug-likeness (QED) is 0.871. The monoisotopic (exact) mass is 234 g/mol. The third kappa shape index (κ3) is 2.60. The van der Waals surface area contributed by atoms with E-state index in [1.807, 2.05) is 24.3 Å². The van der Waals surface area contributed by atoms with Gasteiger partial charge in [-0.2, -0.15) is 0 Å². The fourth-order valence-electron chi connectivity index (χ4n) is 2.42. The Kier molecular flexibility index (Phi) is 3.67. The van der Waals surface area contributed by atoms with Gasteiger partial charge in [-0.3, -0.25) is 4.79 Å². The van der Waals surface area contributed by atoms with Crippen molar-refractivity contribution in [1.29, 1.82) is 0 Å². The Bertz CT molecular complexity index is 400. The van der Waals surface area contributed by atoms with Gasteiger partial charge >= 0.3 is 5.97 Å². The first-order valence-corrected chi connectivity index (χ1v) is 6.19. The standard InChI is InChI=1S/C14H18O3/c1-2-10-6-3-4-8-12(10)17-13-9-5-7-11(13)14(15)16/h3-4,6,8,11,13H,2,5,7,9H2,1H3,(H,15,16). The van der Waals surface area contributed by atoms with E-state index in [2.05, 4.69) is 6.92 Å². The molecular weight excluding hydrogens is 216 g/mol. The van der Waals surface area contributed by atoms with Crippen LogP contribution in [0.15, 0.2) is 24.3 Å². The lowest BCUT2D eigenvalue weighted by Gasteiger charge is -2.19. The minimum atomic E-state index is -0.735. The van der Waals surface area contributed by atoms with Gasteiger partial charge in [0.2, 0.25) is 0 Å². The largest absolute Gasteiger partial charge is 0.489 e. The zero-order valence-electron chi connectivity index (χ0n) is 10.1. The molecule has 2 unspecified atom stereocenters. The van der Waals surface area contributed by atoms with Crippen LogP contribution in [0.1, 0.15) is 31.7 Å². The molecule has 2 atom stereocenters. The highest BCUT2D eigenvalue weighted by atomic mass is 16.5. The van der Waals surface area contributed by atoms with Crippen LogP contribution >= 0.6 is 0 Å². The van der Waals surface area contributed by atoms with Crippen molar-refractivity contribution in [2.75, 3.05) is 0 Å². The number of hydrogen-bond donors (Lipinski definition) is 1. The number of carboxylic acids is 1. The molecule has 3 heteroatoms. The number of benzene rings is 1. The summed E-state index contributed by atoms with van der Waals surface area (Å²) in [6.45, 7) is 2.07. The fraction of sp³-hybridized carbons (Fsp3) is 0.500. The molecule has 0 heterocycles.